The first-order valence-electron chi connectivity index (χ1n) is 7.13. The fourth-order valence-electron chi connectivity index (χ4n) is 2.19. The lowest BCUT2D eigenvalue weighted by atomic mass is 10.1. The number of nitrogens with one attached hydrogen (secondary N) is 1. The molecule has 1 aromatic rings. The summed E-state index contributed by atoms with van der Waals surface area (Å²) in [5, 5.41) is 3.26. The largest absolute Gasteiger partial charge is 0.462 e. The van der Waals surface area contributed by atoms with Crippen molar-refractivity contribution in [2.45, 2.75) is 32.3 Å². The minimum absolute atomic E-state index is 0.215. The van der Waals surface area contributed by atoms with Crippen LogP contribution in [0.3, 0.4) is 0 Å². The molecule has 0 radical (unpaired) electrons. The predicted octanol–water partition coefficient (Wildman–Crippen LogP) is 2.43. The van der Waals surface area contributed by atoms with Crippen LogP contribution in [-0.2, 0) is 9.47 Å². The highest BCUT2D eigenvalue weighted by Gasteiger charge is 2.17. The number of anilines is 2. The van der Waals surface area contributed by atoms with Crippen molar-refractivity contribution in [1.29, 1.82) is 0 Å². The summed E-state index contributed by atoms with van der Waals surface area (Å²) in [5.41, 5.74) is 7.53. The summed E-state index contributed by atoms with van der Waals surface area (Å²) in [5.74, 6) is -0.339. The van der Waals surface area contributed by atoms with Crippen LogP contribution in [0, 0.1) is 0 Å². The minimum atomic E-state index is -0.339. The first kappa shape index (κ1) is 14.7. The second-order valence-electron chi connectivity index (χ2n) is 4.96. The van der Waals surface area contributed by atoms with Crippen molar-refractivity contribution in [3.8, 4) is 0 Å². The highest BCUT2D eigenvalue weighted by atomic mass is 16.5. The molecule has 1 heterocycles. The Balaban J connectivity index is 2.04. The Kier molecular flexibility index (Phi) is 5.24. The third-order valence-corrected chi connectivity index (χ3v) is 3.24. The summed E-state index contributed by atoms with van der Waals surface area (Å²) in [6.07, 6.45) is 3.16. The van der Waals surface area contributed by atoms with Gasteiger partial charge in [0.1, 0.15) is 0 Å². The Bertz CT molecular complexity index is 456. The maximum Gasteiger partial charge on any atom is 0.340 e. The molecule has 0 unspecified atom stereocenters. The van der Waals surface area contributed by atoms with Crippen LogP contribution in [0.25, 0.3) is 0 Å². The van der Waals surface area contributed by atoms with Crippen LogP contribution >= 0.6 is 0 Å². The average Bonchev–Trinajstić information content (AvgIpc) is 2.96. The lowest BCUT2D eigenvalue weighted by Crippen LogP contribution is -2.20. The fraction of sp³-hybridized carbons (Fsp3) is 0.533. The van der Waals surface area contributed by atoms with E-state index in [0.29, 0.717) is 24.4 Å². The number of esters is 1. The molecule has 3 N–H and O–H groups in total. The summed E-state index contributed by atoms with van der Waals surface area (Å²) in [6, 6.07) is 5.23. The number of rotatable bonds is 6. The van der Waals surface area contributed by atoms with Crippen molar-refractivity contribution in [1.82, 2.24) is 0 Å². The molecule has 0 aliphatic carbocycles. The van der Waals surface area contributed by atoms with Gasteiger partial charge in [0.25, 0.3) is 0 Å². The number of ether oxygens (including phenoxy) is 2. The molecule has 1 aromatic carbocycles. The molecule has 1 aliphatic rings. The smallest absolute Gasteiger partial charge is 0.340 e. The Morgan fingerprint density at radius 2 is 2.40 bits per heavy atom. The number of hydrogen-bond donors (Lipinski definition) is 2. The highest BCUT2D eigenvalue weighted by Crippen LogP contribution is 2.21. The van der Waals surface area contributed by atoms with E-state index >= 15 is 0 Å². The molecule has 5 nitrogen and oxygen atoms in total. The molecular weight excluding hydrogens is 256 g/mol. The summed E-state index contributed by atoms with van der Waals surface area (Å²) in [6.45, 7) is 3.89. The lowest BCUT2D eigenvalue weighted by Gasteiger charge is -2.15. The Hall–Kier alpha value is -1.75. The van der Waals surface area contributed by atoms with Gasteiger partial charge < -0.3 is 20.5 Å². The van der Waals surface area contributed by atoms with Crippen molar-refractivity contribution in [3.63, 3.8) is 0 Å². The number of carbonyl (C=O) groups is 1. The van der Waals surface area contributed by atoms with Crippen LogP contribution in [0.4, 0.5) is 11.4 Å². The zero-order valence-electron chi connectivity index (χ0n) is 11.9. The van der Waals surface area contributed by atoms with Gasteiger partial charge in [0.2, 0.25) is 0 Å². The number of hydrogen-bond acceptors (Lipinski definition) is 5. The minimum Gasteiger partial charge on any atom is -0.462 e. The summed E-state index contributed by atoms with van der Waals surface area (Å²) in [4.78, 5) is 12.0. The Morgan fingerprint density at radius 1 is 1.55 bits per heavy atom. The molecule has 20 heavy (non-hydrogen) atoms. The first-order valence-corrected chi connectivity index (χ1v) is 7.13. The van der Waals surface area contributed by atoms with Gasteiger partial charge in [-0.05, 0) is 37.5 Å². The maximum atomic E-state index is 12.0. The van der Waals surface area contributed by atoms with Gasteiger partial charge in [0, 0.05) is 24.5 Å². The lowest BCUT2D eigenvalue weighted by molar-refractivity contribution is 0.0506. The van der Waals surface area contributed by atoms with Crippen molar-refractivity contribution >= 4 is 17.3 Å². The molecule has 1 aliphatic heterocycles. The molecule has 0 spiro atoms. The van der Waals surface area contributed by atoms with Gasteiger partial charge in [0.05, 0.1) is 18.3 Å². The van der Waals surface area contributed by atoms with Crippen LogP contribution in [-0.4, -0.2) is 31.8 Å². The zero-order valence-corrected chi connectivity index (χ0v) is 11.9. The second kappa shape index (κ2) is 7.14. The molecule has 1 fully saturated rings. The molecule has 0 amide bonds. The van der Waals surface area contributed by atoms with E-state index in [4.69, 9.17) is 15.2 Å². The third-order valence-electron chi connectivity index (χ3n) is 3.24. The molecule has 0 saturated carbocycles. The van der Waals surface area contributed by atoms with E-state index < -0.39 is 0 Å². The van der Waals surface area contributed by atoms with Crippen LogP contribution in [0.1, 0.15) is 36.5 Å². The average molecular weight is 278 g/mol. The van der Waals surface area contributed by atoms with E-state index in [2.05, 4.69) is 5.32 Å². The second-order valence-corrected chi connectivity index (χ2v) is 4.96. The van der Waals surface area contributed by atoms with Gasteiger partial charge in [-0.3, -0.25) is 0 Å². The molecule has 0 aromatic heterocycles. The van der Waals surface area contributed by atoms with Crippen LogP contribution < -0.4 is 11.1 Å². The molecular formula is C15H22N2O3. The Morgan fingerprint density at radius 3 is 3.10 bits per heavy atom. The number of nitrogens with two attached hydrogens (primary N) is 1. The topological polar surface area (TPSA) is 73.6 Å². The van der Waals surface area contributed by atoms with Gasteiger partial charge in [-0.25, -0.2) is 4.79 Å². The number of nitrogen functional groups attached to an aromatic ring is 1. The van der Waals surface area contributed by atoms with Gasteiger partial charge in [-0.2, -0.15) is 0 Å². The Labute approximate surface area is 119 Å². The first-order chi connectivity index (χ1) is 9.70. The van der Waals surface area contributed by atoms with Crippen molar-refractivity contribution in [3.05, 3.63) is 23.8 Å². The maximum absolute atomic E-state index is 12.0. The van der Waals surface area contributed by atoms with Crippen LogP contribution in [0.5, 0.6) is 0 Å². The number of carbonyl (C=O) groups excluding carboxylic acids is 1. The van der Waals surface area contributed by atoms with Gasteiger partial charge in [-0.15, -0.1) is 0 Å². The SMILES string of the molecule is CCCOC(=O)c1cc(N)ccc1NC[C@@H]1CCCO1. The van der Waals surface area contributed by atoms with E-state index in [1.54, 1.807) is 12.1 Å². The standard InChI is InChI=1S/C15H22N2O3/c1-2-7-20-15(18)13-9-11(16)5-6-14(13)17-10-12-4-3-8-19-12/h5-6,9,12,17H,2-4,7-8,10,16H2,1H3/t12-/m0/s1. The van der Waals surface area contributed by atoms with Crippen LogP contribution in [0.2, 0.25) is 0 Å². The quantitative estimate of drug-likeness (QED) is 0.617. The highest BCUT2D eigenvalue weighted by molar-refractivity contribution is 5.96. The van der Waals surface area contributed by atoms with E-state index in [0.717, 1.165) is 31.6 Å². The van der Waals surface area contributed by atoms with Crippen molar-refractivity contribution in [2.75, 3.05) is 30.8 Å². The fourth-order valence-corrected chi connectivity index (χ4v) is 2.19. The monoisotopic (exact) mass is 278 g/mol. The third kappa shape index (κ3) is 3.87. The van der Waals surface area contributed by atoms with Gasteiger partial charge >= 0.3 is 5.97 Å². The molecule has 0 bridgehead atoms. The van der Waals surface area contributed by atoms with Gasteiger partial charge in [0.15, 0.2) is 0 Å². The van der Waals surface area contributed by atoms with Crippen molar-refractivity contribution < 1.29 is 14.3 Å². The van der Waals surface area contributed by atoms with E-state index in [1.807, 2.05) is 13.0 Å². The van der Waals surface area contributed by atoms with Gasteiger partial charge in [-0.1, -0.05) is 6.92 Å². The molecule has 1 atom stereocenters. The van der Waals surface area contributed by atoms with Crippen LogP contribution in [0.15, 0.2) is 18.2 Å². The van der Waals surface area contributed by atoms with E-state index in [1.165, 1.54) is 0 Å². The number of benzene rings is 1. The molecule has 110 valence electrons. The zero-order chi connectivity index (χ0) is 14.4. The molecule has 2 rings (SSSR count). The normalized spacial score (nSPS) is 17.9. The van der Waals surface area contributed by atoms with E-state index in [9.17, 15) is 4.79 Å². The summed E-state index contributed by atoms with van der Waals surface area (Å²) in [7, 11) is 0. The summed E-state index contributed by atoms with van der Waals surface area (Å²) >= 11 is 0. The molecule has 5 heteroatoms. The van der Waals surface area contributed by atoms with E-state index in [-0.39, 0.29) is 12.1 Å². The summed E-state index contributed by atoms with van der Waals surface area (Å²) < 4.78 is 10.7. The predicted molar refractivity (Wildman–Crippen MR) is 78.9 cm³/mol. The molecule has 1 saturated heterocycles. The van der Waals surface area contributed by atoms with Crippen molar-refractivity contribution in [2.24, 2.45) is 0 Å².